The first-order valence-corrected chi connectivity index (χ1v) is 8.74. The van der Waals surface area contributed by atoms with Crippen LogP contribution in [0.15, 0.2) is 36.4 Å². The van der Waals surface area contributed by atoms with E-state index in [1.807, 2.05) is 12.1 Å². The van der Waals surface area contributed by atoms with E-state index in [-0.39, 0.29) is 5.78 Å². The highest BCUT2D eigenvalue weighted by molar-refractivity contribution is 6.31. The van der Waals surface area contributed by atoms with Crippen molar-refractivity contribution in [2.24, 2.45) is 0 Å². The number of carbonyl (C=O) groups is 1. The predicted molar refractivity (Wildman–Crippen MR) is 100 cm³/mol. The van der Waals surface area contributed by atoms with E-state index in [9.17, 15) is 10.1 Å². The van der Waals surface area contributed by atoms with Crippen LogP contribution in [0, 0.1) is 11.3 Å². The van der Waals surface area contributed by atoms with Crippen molar-refractivity contribution in [2.75, 3.05) is 25.0 Å². The maximum Gasteiger partial charge on any atom is 0.159 e. The third-order valence-electron chi connectivity index (χ3n) is 4.58. The summed E-state index contributed by atoms with van der Waals surface area (Å²) < 4.78 is 0. The van der Waals surface area contributed by atoms with Crippen molar-refractivity contribution in [1.82, 2.24) is 4.90 Å². The lowest BCUT2D eigenvalue weighted by Crippen LogP contribution is -2.34. The molecule has 1 aliphatic heterocycles. The molecule has 0 saturated carbocycles. The Bertz CT molecular complexity index is 841. The average Bonchev–Trinajstić information content (AvgIpc) is 2.61. The maximum absolute atomic E-state index is 11.5. The minimum Gasteiger partial charge on any atom is -0.383 e. The highest BCUT2D eigenvalue weighted by atomic mass is 35.5. The van der Waals surface area contributed by atoms with Gasteiger partial charge in [-0.05, 0) is 48.7 Å². The van der Waals surface area contributed by atoms with Gasteiger partial charge >= 0.3 is 0 Å². The molecule has 1 N–H and O–H groups in total. The molecular formula is C20H20ClN3O. The average molecular weight is 354 g/mol. The number of ketones is 1. The SMILES string of the molecule is CC(=O)c1ccc(C#N)c(NCCN2CCc3c(Cl)cccc3C2)c1. The van der Waals surface area contributed by atoms with Crippen LogP contribution in [0.1, 0.15) is 34.0 Å². The molecule has 0 aromatic heterocycles. The Morgan fingerprint density at radius 3 is 2.96 bits per heavy atom. The molecule has 2 aromatic carbocycles. The van der Waals surface area contributed by atoms with Crippen LogP contribution in [0.3, 0.4) is 0 Å². The first-order chi connectivity index (χ1) is 12.1. The van der Waals surface area contributed by atoms with Crippen LogP contribution < -0.4 is 5.32 Å². The number of Topliss-reactive ketones (excluding diaryl/α,β-unsaturated/α-hetero) is 1. The summed E-state index contributed by atoms with van der Waals surface area (Å²) in [7, 11) is 0. The minimum atomic E-state index is -0.00273. The van der Waals surface area contributed by atoms with Crippen LogP contribution in [-0.2, 0) is 13.0 Å². The lowest BCUT2D eigenvalue weighted by Gasteiger charge is -2.29. The standard InChI is InChI=1S/C20H20ClN3O/c1-14(25)15-5-6-16(12-22)20(11-15)23-8-10-24-9-7-18-17(13-24)3-2-4-19(18)21/h2-6,11,23H,7-10,13H2,1H3. The third-order valence-corrected chi connectivity index (χ3v) is 4.93. The van der Waals surface area contributed by atoms with Crippen LogP contribution >= 0.6 is 11.6 Å². The van der Waals surface area contributed by atoms with E-state index in [4.69, 9.17) is 11.6 Å². The number of nitrogens with one attached hydrogen (secondary N) is 1. The zero-order valence-corrected chi connectivity index (χ0v) is 14.9. The topological polar surface area (TPSA) is 56.1 Å². The number of hydrogen-bond donors (Lipinski definition) is 1. The highest BCUT2D eigenvalue weighted by Gasteiger charge is 2.17. The van der Waals surface area contributed by atoms with Crippen molar-refractivity contribution >= 4 is 23.1 Å². The third kappa shape index (κ3) is 4.01. The van der Waals surface area contributed by atoms with Gasteiger partial charge in [-0.1, -0.05) is 23.7 Å². The normalized spacial score (nSPS) is 13.8. The Balaban J connectivity index is 1.61. The first-order valence-electron chi connectivity index (χ1n) is 8.36. The van der Waals surface area contributed by atoms with Gasteiger partial charge in [-0.3, -0.25) is 9.69 Å². The van der Waals surface area contributed by atoms with E-state index in [2.05, 4.69) is 22.4 Å². The summed E-state index contributed by atoms with van der Waals surface area (Å²) in [5.74, 6) is -0.00273. The van der Waals surface area contributed by atoms with Crippen LogP contribution in [0.5, 0.6) is 0 Å². The second kappa shape index (κ2) is 7.69. The summed E-state index contributed by atoms with van der Waals surface area (Å²) in [6, 6.07) is 13.4. The van der Waals surface area contributed by atoms with Gasteiger partial charge in [-0.25, -0.2) is 0 Å². The molecule has 0 fully saturated rings. The fourth-order valence-electron chi connectivity index (χ4n) is 3.17. The molecule has 1 aliphatic rings. The van der Waals surface area contributed by atoms with E-state index in [1.165, 1.54) is 18.1 Å². The number of rotatable bonds is 5. The number of hydrogen-bond acceptors (Lipinski definition) is 4. The number of anilines is 1. The summed E-state index contributed by atoms with van der Waals surface area (Å²) in [6.07, 6.45) is 0.957. The predicted octanol–water partition coefficient (Wildman–Crippen LogP) is 3.88. The van der Waals surface area contributed by atoms with Gasteiger partial charge in [-0.2, -0.15) is 5.26 Å². The van der Waals surface area contributed by atoms with Crippen LogP contribution in [0.25, 0.3) is 0 Å². The van der Waals surface area contributed by atoms with Crippen molar-refractivity contribution in [3.8, 4) is 6.07 Å². The zero-order chi connectivity index (χ0) is 17.8. The van der Waals surface area contributed by atoms with Gasteiger partial charge in [0, 0.05) is 36.8 Å². The van der Waals surface area contributed by atoms with E-state index < -0.39 is 0 Å². The molecule has 0 amide bonds. The van der Waals surface area contributed by atoms with Crippen molar-refractivity contribution in [3.63, 3.8) is 0 Å². The lowest BCUT2D eigenvalue weighted by atomic mass is 10.00. The molecule has 1 heterocycles. The Labute approximate surface area is 153 Å². The second-order valence-corrected chi connectivity index (χ2v) is 6.67. The monoisotopic (exact) mass is 353 g/mol. The second-order valence-electron chi connectivity index (χ2n) is 6.26. The molecule has 25 heavy (non-hydrogen) atoms. The molecule has 0 saturated heterocycles. The number of benzene rings is 2. The number of fused-ring (bicyclic) bond motifs is 1. The quantitative estimate of drug-likeness (QED) is 0.829. The Kier molecular flexibility index (Phi) is 5.37. The molecule has 2 aromatic rings. The molecule has 128 valence electrons. The molecule has 4 nitrogen and oxygen atoms in total. The van der Waals surface area contributed by atoms with Crippen molar-refractivity contribution in [3.05, 3.63) is 63.7 Å². The smallest absolute Gasteiger partial charge is 0.159 e. The number of carbonyl (C=O) groups excluding carboxylic acids is 1. The van der Waals surface area contributed by atoms with Crippen molar-refractivity contribution in [2.45, 2.75) is 19.9 Å². The minimum absolute atomic E-state index is 0.00273. The molecule has 3 rings (SSSR count). The fourth-order valence-corrected chi connectivity index (χ4v) is 3.46. The Morgan fingerprint density at radius 1 is 1.36 bits per heavy atom. The molecule has 0 radical (unpaired) electrons. The van der Waals surface area contributed by atoms with Gasteiger partial charge in [0.25, 0.3) is 0 Å². The molecule has 0 atom stereocenters. The summed E-state index contributed by atoms with van der Waals surface area (Å²) in [4.78, 5) is 13.9. The van der Waals surface area contributed by atoms with Gasteiger partial charge in [0.05, 0.1) is 11.3 Å². The van der Waals surface area contributed by atoms with Crippen LogP contribution in [0.4, 0.5) is 5.69 Å². The van der Waals surface area contributed by atoms with E-state index >= 15 is 0 Å². The summed E-state index contributed by atoms with van der Waals surface area (Å²) in [6.45, 7) is 4.96. The Morgan fingerprint density at radius 2 is 2.20 bits per heavy atom. The molecule has 0 spiro atoms. The van der Waals surface area contributed by atoms with Gasteiger partial charge < -0.3 is 5.32 Å². The fraction of sp³-hybridized carbons (Fsp3) is 0.300. The summed E-state index contributed by atoms with van der Waals surface area (Å²) >= 11 is 6.26. The molecule has 0 bridgehead atoms. The van der Waals surface area contributed by atoms with E-state index in [0.29, 0.717) is 17.7 Å². The maximum atomic E-state index is 11.5. The Hall–Kier alpha value is -2.35. The lowest BCUT2D eigenvalue weighted by molar-refractivity contribution is 0.101. The van der Waals surface area contributed by atoms with Gasteiger partial charge in [-0.15, -0.1) is 0 Å². The van der Waals surface area contributed by atoms with Gasteiger partial charge in [0.15, 0.2) is 5.78 Å². The van der Waals surface area contributed by atoms with E-state index in [1.54, 1.807) is 18.2 Å². The van der Waals surface area contributed by atoms with Gasteiger partial charge in [0.1, 0.15) is 6.07 Å². The highest BCUT2D eigenvalue weighted by Crippen LogP contribution is 2.25. The largest absolute Gasteiger partial charge is 0.383 e. The molecule has 0 unspecified atom stereocenters. The van der Waals surface area contributed by atoms with E-state index in [0.717, 1.165) is 36.8 Å². The number of nitrogens with zero attached hydrogens (tertiary/aromatic N) is 2. The van der Waals surface area contributed by atoms with Crippen molar-refractivity contribution in [1.29, 1.82) is 5.26 Å². The van der Waals surface area contributed by atoms with Crippen LogP contribution in [0.2, 0.25) is 5.02 Å². The summed E-state index contributed by atoms with van der Waals surface area (Å²) in [5.41, 5.74) is 4.43. The van der Waals surface area contributed by atoms with Crippen molar-refractivity contribution < 1.29 is 4.79 Å². The van der Waals surface area contributed by atoms with Crippen LogP contribution in [-0.4, -0.2) is 30.3 Å². The molecule has 5 heteroatoms. The molecular weight excluding hydrogens is 334 g/mol. The summed E-state index contributed by atoms with van der Waals surface area (Å²) in [5, 5.41) is 13.4. The van der Waals surface area contributed by atoms with Gasteiger partial charge in [0.2, 0.25) is 0 Å². The molecule has 0 aliphatic carbocycles. The zero-order valence-electron chi connectivity index (χ0n) is 14.2. The number of nitriles is 1. The number of halogens is 1. The first kappa shape index (κ1) is 17.5.